The summed E-state index contributed by atoms with van der Waals surface area (Å²) in [5, 5.41) is 2.41. The zero-order chi connectivity index (χ0) is 13.1. The molecule has 0 heterocycles. The van der Waals surface area contributed by atoms with Crippen molar-refractivity contribution < 1.29 is 4.74 Å². The van der Waals surface area contributed by atoms with Crippen molar-refractivity contribution >= 4 is 10.8 Å². The summed E-state index contributed by atoms with van der Waals surface area (Å²) in [6, 6.07) is 12.4. The van der Waals surface area contributed by atoms with E-state index in [1.54, 1.807) is 7.11 Å². The first-order valence-corrected chi connectivity index (χ1v) is 6.44. The average molecular weight is 243 g/mol. The molecular formula is C16H21NO. The molecule has 0 fully saturated rings. The third-order valence-electron chi connectivity index (χ3n) is 3.25. The van der Waals surface area contributed by atoms with E-state index in [1.165, 1.54) is 10.8 Å². The Morgan fingerprint density at radius 1 is 1.11 bits per heavy atom. The van der Waals surface area contributed by atoms with Crippen molar-refractivity contribution in [2.45, 2.75) is 26.3 Å². The maximum absolute atomic E-state index is 6.36. The van der Waals surface area contributed by atoms with Gasteiger partial charge in [-0.05, 0) is 29.2 Å². The van der Waals surface area contributed by atoms with E-state index in [4.69, 9.17) is 10.5 Å². The van der Waals surface area contributed by atoms with E-state index < -0.39 is 0 Å². The molecule has 0 aliphatic rings. The predicted molar refractivity (Wildman–Crippen MR) is 76.9 cm³/mol. The molecule has 2 heteroatoms. The zero-order valence-corrected chi connectivity index (χ0v) is 11.3. The molecule has 96 valence electrons. The van der Waals surface area contributed by atoms with E-state index in [0.717, 1.165) is 17.7 Å². The van der Waals surface area contributed by atoms with Crippen LogP contribution in [0, 0.1) is 5.92 Å². The van der Waals surface area contributed by atoms with Crippen LogP contribution in [-0.4, -0.2) is 7.11 Å². The molecule has 2 nitrogen and oxygen atoms in total. The van der Waals surface area contributed by atoms with E-state index in [1.807, 2.05) is 18.2 Å². The molecule has 0 bridgehead atoms. The van der Waals surface area contributed by atoms with E-state index in [-0.39, 0.29) is 6.04 Å². The molecule has 0 aromatic heterocycles. The van der Waals surface area contributed by atoms with E-state index in [0.29, 0.717) is 5.92 Å². The molecule has 0 aliphatic carbocycles. The van der Waals surface area contributed by atoms with Gasteiger partial charge in [0.25, 0.3) is 0 Å². The first-order valence-electron chi connectivity index (χ1n) is 6.44. The average Bonchev–Trinajstić information content (AvgIpc) is 2.36. The van der Waals surface area contributed by atoms with Crippen molar-refractivity contribution in [1.82, 2.24) is 0 Å². The Bertz CT molecular complexity index is 534. The van der Waals surface area contributed by atoms with Crippen LogP contribution in [0.4, 0.5) is 0 Å². The fraction of sp³-hybridized carbons (Fsp3) is 0.375. The zero-order valence-electron chi connectivity index (χ0n) is 11.3. The molecule has 0 spiro atoms. The molecule has 2 rings (SSSR count). The summed E-state index contributed by atoms with van der Waals surface area (Å²) in [4.78, 5) is 0. The summed E-state index contributed by atoms with van der Waals surface area (Å²) < 4.78 is 5.48. The predicted octanol–water partition coefficient (Wildman–Crippen LogP) is 3.89. The number of fused-ring (bicyclic) bond motifs is 1. The minimum atomic E-state index is 0.0195. The third-order valence-corrected chi connectivity index (χ3v) is 3.25. The lowest BCUT2D eigenvalue weighted by Crippen LogP contribution is -2.14. The Labute approximate surface area is 109 Å². The van der Waals surface area contributed by atoms with Gasteiger partial charge in [0.15, 0.2) is 0 Å². The molecule has 18 heavy (non-hydrogen) atoms. The Morgan fingerprint density at radius 2 is 1.83 bits per heavy atom. The van der Waals surface area contributed by atoms with Crippen molar-refractivity contribution in [2.75, 3.05) is 7.11 Å². The van der Waals surface area contributed by atoms with Crippen LogP contribution in [0.5, 0.6) is 5.75 Å². The molecule has 0 saturated carbocycles. The fourth-order valence-electron chi connectivity index (χ4n) is 2.46. The number of hydrogen-bond donors (Lipinski definition) is 1. The van der Waals surface area contributed by atoms with Gasteiger partial charge in [0.1, 0.15) is 5.75 Å². The normalized spacial score (nSPS) is 12.9. The highest BCUT2D eigenvalue weighted by atomic mass is 16.5. The highest BCUT2D eigenvalue weighted by Gasteiger charge is 2.16. The maximum Gasteiger partial charge on any atom is 0.124 e. The van der Waals surface area contributed by atoms with Crippen molar-refractivity contribution in [3.05, 3.63) is 42.0 Å². The first-order chi connectivity index (χ1) is 8.63. The second-order valence-corrected chi connectivity index (χ2v) is 5.14. The molecule has 0 radical (unpaired) electrons. The molecule has 2 aromatic carbocycles. The van der Waals surface area contributed by atoms with E-state index in [9.17, 15) is 0 Å². The van der Waals surface area contributed by atoms with Gasteiger partial charge in [-0.1, -0.05) is 44.2 Å². The van der Waals surface area contributed by atoms with Crippen LogP contribution >= 0.6 is 0 Å². The van der Waals surface area contributed by atoms with Crippen LogP contribution in [0.2, 0.25) is 0 Å². The number of benzene rings is 2. The Kier molecular flexibility index (Phi) is 3.87. The lowest BCUT2D eigenvalue weighted by Gasteiger charge is -2.19. The lowest BCUT2D eigenvalue weighted by atomic mass is 9.92. The van der Waals surface area contributed by atoms with Gasteiger partial charge in [-0.3, -0.25) is 0 Å². The SMILES string of the molecule is COc1ccc2ccccc2c1[C@H](N)CC(C)C. The summed E-state index contributed by atoms with van der Waals surface area (Å²) >= 11 is 0. The molecular weight excluding hydrogens is 222 g/mol. The van der Waals surface area contributed by atoms with Crippen LogP contribution in [0.15, 0.2) is 36.4 Å². The van der Waals surface area contributed by atoms with Crippen molar-refractivity contribution in [1.29, 1.82) is 0 Å². The Hall–Kier alpha value is -1.54. The van der Waals surface area contributed by atoms with Crippen LogP contribution in [-0.2, 0) is 0 Å². The molecule has 2 aromatic rings. The van der Waals surface area contributed by atoms with Gasteiger partial charge in [0.2, 0.25) is 0 Å². The summed E-state index contributed by atoms with van der Waals surface area (Å²) in [5.74, 6) is 1.46. The van der Waals surface area contributed by atoms with E-state index in [2.05, 4.69) is 32.0 Å². The van der Waals surface area contributed by atoms with Gasteiger partial charge in [0.05, 0.1) is 7.11 Å². The van der Waals surface area contributed by atoms with Crippen molar-refractivity contribution in [3.63, 3.8) is 0 Å². The summed E-state index contributed by atoms with van der Waals surface area (Å²) in [6.45, 7) is 4.38. The highest BCUT2D eigenvalue weighted by Crippen LogP contribution is 2.34. The maximum atomic E-state index is 6.36. The van der Waals surface area contributed by atoms with Crippen LogP contribution in [0.25, 0.3) is 10.8 Å². The molecule has 0 saturated heterocycles. The summed E-state index contributed by atoms with van der Waals surface area (Å²) in [6.07, 6.45) is 0.963. The Balaban J connectivity index is 2.57. The number of ether oxygens (including phenoxy) is 1. The van der Waals surface area contributed by atoms with Gasteiger partial charge in [-0.2, -0.15) is 0 Å². The smallest absolute Gasteiger partial charge is 0.124 e. The summed E-state index contributed by atoms with van der Waals surface area (Å²) in [7, 11) is 1.70. The molecule has 0 unspecified atom stereocenters. The monoisotopic (exact) mass is 243 g/mol. The standard InChI is InChI=1S/C16H21NO/c1-11(2)10-14(17)16-13-7-5-4-6-12(13)8-9-15(16)18-3/h4-9,11,14H,10,17H2,1-3H3/t14-/m1/s1. The van der Waals surface area contributed by atoms with Crippen LogP contribution < -0.4 is 10.5 Å². The third kappa shape index (κ3) is 2.49. The minimum Gasteiger partial charge on any atom is -0.496 e. The Morgan fingerprint density at radius 3 is 2.50 bits per heavy atom. The topological polar surface area (TPSA) is 35.2 Å². The number of rotatable bonds is 4. The van der Waals surface area contributed by atoms with Crippen molar-refractivity contribution in [3.8, 4) is 5.75 Å². The molecule has 1 atom stereocenters. The fourth-order valence-corrected chi connectivity index (χ4v) is 2.46. The molecule has 0 aliphatic heterocycles. The summed E-state index contributed by atoms with van der Waals surface area (Å²) in [5.41, 5.74) is 7.49. The van der Waals surface area contributed by atoms with Gasteiger partial charge in [0, 0.05) is 11.6 Å². The van der Waals surface area contributed by atoms with Gasteiger partial charge in [-0.25, -0.2) is 0 Å². The van der Waals surface area contributed by atoms with Crippen LogP contribution in [0.3, 0.4) is 0 Å². The first kappa shape index (κ1) is 12.9. The molecule has 2 N–H and O–H groups in total. The van der Waals surface area contributed by atoms with E-state index >= 15 is 0 Å². The van der Waals surface area contributed by atoms with Crippen molar-refractivity contribution in [2.24, 2.45) is 11.7 Å². The largest absolute Gasteiger partial charge is 0.496 e. The van der Waals surface area contributed by atoms with Crippen LogP contribution in [0.1, 0.15) is 31.9 Å². The lowest BCUT2D eigenvalue weighted by molar-refractivity contribution is 0.401. The quantitative estimate of drug-likeness (QED) is 0.884. The number of hydrogen-bond acceptors (Lipinski definition) is 2. The number of nitrogens with two attached hydrogens (primary N) is 1. The highest BCUT2D eigenvalue weighted by molar-refractivity contribution is 5.88. The number of methoxy groups -OCH3 is 1. The second-order valence-electron chi connectivity index (χ2n) is 5.14. The minimum absolute atomic E-state index is 0.0195. The van der Waals surface area contributed by atoms with Gasteiger partial charge >= 0.3 is 0 Å². The van der Waals surface area contributed by atoms with Gasteiger partial charge in [-0.15, -0.1) is 0 Å². The molecule has 0 amide bonds. The van der Waals surface area contributed by atoms with Gasteiger partial charge < -0.3 is 10.5 Å². The second kappa shape index (κ2) is 5.40.